The van der Waals surface area contributed by atoms with E-state index >= 15 is 0 Å². The van der Waals surface area contributed by atoms with Crippen molar-refractivity contribution in [1.82, 2.24) is 4.57 Å². The molecule has 9 nitrogen and oxygen atoms in total. The lowest BCUT2D eigenvalue weighted by atomic mass is 10.00. The van der Waals surface area contributed by atoms with Gasteiger partial charge in [0.2, 0.25) is 0 Å². The first-order chi connectivity index (χ1) is 18.3. The van der Waals surface area contributed by atoms with Crippen LogP contribution in [0.3, 0.4) is 0 Å². The molecule has 196 valence electrons. The van der Waals surface area contributed by atoms with Crippen molar-refractivity contribution in [3.05, 3.63) is 98.1 Å². The quantitative estimate of drug-likeness (QED) is 0.158. The number of carboxylic acids is 2. The van der Waals surface area contributed by atoms with Gasteiger partial charge in [0, 0.05) is 16.1 Å². The number of carboxylic acid groups (broad SMARTS) is 2. The van der Waals surface area contributed by atoms with Crippen molar-refractivity contribution in [2.45, 2.75) is 13.0 Å². The molecule has 1 aromatic heterocycles. The molecular formula is C27H23ClN2O7S. The van der Waals surface area contributed by atoms with Gasteiger partial charge in [-0.3, -0.25) is 19.0 Å². The number of thiazole rings is 1. The third-order valence-corrected chi connectivity index (χ3v) is 6.94. The molecule has 1 heterocycles. The summed E-state index contributed by atoms with van der Waals surface area (Å²) in [7, 11) is 1.47. The van der Waals surface area contributed by atoms with Gasteiger partial charge >= 0.3 is 16.8 Å². The highest BCUT2D eigenvalue weighted by Crippen LogP contribution is 2.23. The molecule has 0 saturated heterocycles. The summed E-state index contributed by atoms with van der Waals surface area (Å²) in [5.74, 6) is -3.76. The molecule has 0 bridgehead atoms. The van der Waals surface area contributed by atoms with Gasteiger partial charge in [-0.05, 0) is 48.4 Å². The Labute approximate surface area is 226 Å². The lowest BCUT2D eigenvalue weighted by Crippen LogP contribution is -2.25. The SMILES string of the molecule is CO/N=C(/c1cccc(Cl)c1)c1ccc2c(c1)sc(=O)n2CCOc1ccc(CC(C(=O)O)C(=O)O)cc1. The van der Waals surface area contributed by atoms with Crippen LogP contribution in [0.1, 0.15) is 16.7 Å². The number of aliphatic carboxylic acids is 2. The molecule has 4 rings (SSSR count). The van der Waals surface area contributed by atoms with Crippen LogP contribution in [0.15, 0.2) is 76.7 Å². The Hall–Kier alpha value is -4.15. The van der Waals surface area contributed by atoms with Crippen LogP contribution >= 0.6 is 22.9 Å². The molecule has 0 saturated carbocycles. The largest absolute Gasteiger partial charge is 0.492 e. The molecule has 11 heteroatoms. The maximum atomic E-state index is 12.7. The first-order valence-corrected chi connectivity index (χ1v) is 12.6. The number of carbonyl (C=O) groups is 2. The van der Waals surface area contributed by atoms with E-state index in [9.17, 15) is 14.4 Å². The van der Waals surface area contributed by atoms with Gasteiger partial charge in [-0.25, -0.2) is 0 Å². The maximum Gasteiger partial charge on any atom is 0.318 e. The van der Waals surface area contributed by atoms with E-state index in [1.54, 1.807) is 41.0 Å². The molecule has 0 aliphatic heterocycles. The molecule has 0 spiro atoms. The summed E-state index contributed by atoms with van der Waals surface area (Å²) in [6.07, 6.45) is -0.128. The minimum absolute atomic E-state index is 0.127. The highest BCUT2D eigenvalue weighted by atomic mass is 35.5. The molecule has 38 heavy (non-hydrogen) atoms. The minimum Gasteiger partial charge on any atom is -0.492 e. The van der Waals surface area contributed by atoms with E-state index in [-0.39, 0.29) is 17.9 Å². The average Bonchev–Trinajstić information content (AvgIpc) is 3.20. The van der Waals surface area contributed by atoms with E-state index in [4.69, 9.17) is 31.4 Å². The number of aromatic nitrogens is 1. The number of halogens is 1. The Bertz CT molecular complexity index is 1550. The highest BCUT2D eigenvalue weighted by Gasteiger charge is 2.25. The number of fused-ring (bicyclic) bond motifs is 1. The van der Waals surface area contributed by atoms with E-state index in [0.717, 1.165) is 32.7 Å². The summed E-state index contributed by atoms with van der Waals surface area (Å²) in [5, 5.41) is 22.8. The normalized spacial score (nSPS) is 11.6. The average molecular weight is 555 g/mol. The van der Waals surface area contributed by atoms with Crippen molar-refractivity contribution in [1.29, 1.82) is 0 Å². The van der Waals surface area contributed by atoms with Crippen molar-refractivity contribution < 1.29 is 29.4 Å². The molecule has 0 aliphatic rings. The Balaban J connectivity index is 1.46. The van der Waals surface area contributed by atoms with Gasteiger partial charge in [-0.1, -0.05) is 58.4 Å². The Morgan fingerprint density at radius 3 is 2.39 bits per heavy atom. The van der Waals surface area contributed by atoms with Gasteiger partial charge < -0.3 is 19.8 Å². The fraction of sp³-hybridized carbons (Fsp3) is 0.185. The Morgan fingerprint density at radius 2 is 1.74 bits per heavy atom. The number of hydrogen-bond donors (Lipinski definition) is 2. The summed E-state index contributed by atoms with van der Waals surface area (Å²) in [6.45, 7) is 0.534. The molecule has 0 fully saturated rings. The van der Waals surface area contributed by atoms with Crippen molar-refractivity contribution in [3.63, 3.8) is 0 Å². The zero-order chi connectivity index (χ0) is 27.2. The van der Waals surface area contributed by atoms with Crippen LogP contribution in [0, 0.1) is 5.92 Å². The second-order valence-electron chi connectivity index (χ2n) is 8.26. The van der Waals surface area contributed by atoms with Gasteiger partial charge in [0.25, 0.3) is 0 Å². The van der Waals surface area contributed by atoms with Crippen molar-refractivity contribution in [3.8, 4) is 5.75 Å². The third-order valence-electron chi connectivity index (χ3n) is 5.77. The number of nitrogens with zero attached hydrogens (tertiary/aromatic N) is 2. The molecule has 0 amide bonds. The van der Waals surface area contributed by atoms with Crippen LogP contribution in [0.4, 0.5) is 0 Å². The molecule has 0 atom stereocenters. The topological polar surface area (TPSA) is 127 Å². The number of benzene rings is 3. The van der Waals surface area contributed by atoms with E-state index in [2.05, 4.69) is 5.16 Å². The van der Waals surface area contributed by atoms with Crippen LogP contribution in [0.5, 0.6) is 5.75 Å². The van der Waals surface area contributed by atoms with Crippen LogP contribution in [0.25, 0.3) is 10.2 Å². The molecule has 3 aromatic carbocycles. The van der Waals surface area contributed by atoms with Crippen LogP contribution in [-0.2, 0) is 27.4 Å². The standard InChI is InChI=1S/C27H23ClN2O7S/c1-36-29-24(17-3-2-4-19(28)14-17)18-7-10-22-23(15-18)38-27(35)30(22)11-12-37-20-8-5-16(6-9-20)13-21(25(31)32)26(33)34/h2-10,14-15,21H,11-13H2,1H3,(H,31,32)(H,33,34)/b29-24-. The van der Waals surface area contributed by atoms with Crippen LogP contribution in [-0.4, -0.2) is 46.1 Å². The fourth-order valence-corrected chi connectivity index (χ4v) is 5.06. The summed E-state index contributed by atoms with van der Waals surface area (Å²) in [6, 6.07) is 19.4. The first kappa shape index (κ1) is 26.9. The predicted molar refractivity (Wildman–Crippen MR) is 145 cm³/mol. The van der Waals surface area contributed by atoms with Crippen molar-refractivity contribution in [2.75, 3.05) is 13.7 Å². The molecule has 0 unspecified atom stereocenters. The van der Waals surface area contributed by atoms with Crippen molar-refractivity contribution in [2.24, 2.45) is 11.1 Å². The second kappa shape index (κ2) is 11.9. The van der Waals surface area contributed by atoms with Crippen molar-refractivity contribution >= 4 is 50.8 Å². The number of ether oxygens (including phenoxy) is 1. The Morgan fingerprint density at radius 1 is 1.03 bits per heavy atom. The minimum atomic E-state index is -1.51. The number of oxime groups is 1. The molecule has 4 aromatic rings. The third kappa shape index (κ3) is 6.21. The number of hydrogen-bond acceptors (Lipinski definition) is 7. The first-order valence-electron chi connectivity index (χ1n) is 11.4. The predicted octanol–water partition coefficient (Wildman–Crippen LogP) is 4.52. The smallest absolute Gasteiger partial charge is 0.318 e. The highest BCUT2D eigenvalue weighted by molar-refractivity contribution is 7.16. The fourth-order valence-electron chi connectivity index (χ4n) is 3.92. The monoisotopic (exact) mass is 554 g/mol. The molecule has 2 N–H and O–H groups in total. The lowest BCUT2D eigenvalue weighted by Gasteiger charge is -2.10. The summed E-state index contributed by atoms with van der Waals surface area (Å²) in [4.78, 5) is 39.8. The Kier molecular flexibility index (Phi) is 8.45. The lowest BCUT2D eigenvalue weighted by molar-refractivity contribution is -0.154. The number of rotatable bonds is 11. The maximum absolute atomic E-state index is 12.7. The molecular weight excluding hydrogens is 532 g/mol. The van der Waals surface area contributed by atoms with Gasteiger partial charge in [-0.15, -0.1) is 0 Å². The van der Waals surface area contributed by atoms with Gasteiger partial charge in [0.05, 0.1) is 16.8 Å². The zero-order valence-electron chi connectivity index (χ0n) is 20.2. The summed E-state index contributed by atoms with van der Waals surface area (Å²) >= 11 is 7.26. The van der Waals surface area contributed by atoms with Gasteiger partial charge in [-0.2, -0.15) is 0 Å². The molecule has 0 aliphatic carbocycles. The van der Waals surface area contributed by atoms with E-state index in [0.29, 0.717) is 28.6 Å². The van der Waals surface area contributed by atoms with Gasteiger partial charge in [0.1, 0.15) is 25.2 Å². The zero-order valence-corrected chi connectivity index (χ0v) is 21.7. The van der Waals surface area contributed by atoms with E-state index in [1.165, 1.54) is 7.11 Å². The van der Waals surface area contributed by atoms with Gasteiger partial charge in [0.15, 0.2) is 5.92 Å². The second-order valence-corrected chi connectivity index (χ2v) is 9.69. The van der Waals surface area contributed by atoms with Crippen LogP contribution < -0.4 is 9.61 Å². The van der Waals surface area contributed by atoms with E-state index in [1.807, 2.05) is 30.3 Å². The van der Waals surface area contributed by atoms with Crippen LogP contribution in [0.2, 0.25) is 5.02 Å². The molecule has 0 radical (unpaired) electrons. The summed E-state index contributed by atoms with van der Waals surface area (Å²) < 4.78 is 8.19. The summed E-state index contributed by atoms with van der Waals surface area (Å²) in [5.41, 5.74) is 3.48. The van der Waals surface area contributed by atoms with E-state index < -0.39 is 17.9 Å².